The van der Waals surface area contributed by atoms with Crippen LogP contribution in [0.1, 0.15) is 85.0 Å². The highest BCUT2D eigenvalue weighted by molar-refractivity contribution is 5.83. The molecule has 1 heterocycles. The molecule has 2 aliphatic rings. The van der Waals surface area contributed by atoms with Crippen molar-refractivity contribution in [1.82, 2.24) is 5.32 Å². The molecule has 0 aromatic heterocycles. The van der Waals surface area contributed by atoms with E-state index in [0.717, 1.165) is 45.1 Å². The monoisotopic (exact) mass is 523 g/mol. The number of hydrogen-bond donors (Lipinski definition) is 3. The first-order valence-corrected chi connectivity index (χ1v) is 13.6. The van der Waals surface area contributed by atoms with Gasteiger partial charge in [-0.1, -0.05) is 19.4 Å². The summed E-state index contributed by atoms with van der Waals surface area (Å²) in [4.78, 5) is 48.7. The minimum absolute atomic E-state index is 0.0381. The van der Waals surface area contributed by atoms with E-state index in [9.17, 15) is 29.4 Å². The van der Waals surface area contributed by atoms with Gasteiger partial charge in [-0.3, -0.25) is 19.2 Å². The highest BCUT2D eigenvalue weighted by Crippen LogP contribution is 2.34. The molecule has 0 radical (unpaired) electrons. The van der Waals surface area contributed by atoms with Crippen molar-refractivity contribution in [2.24, 2.45) is 17.3 Å². The molecule has 3 N–H and O–H groups in total. The van der Waals surface area contributed by atoms with Gasteiger partial charge in [-0.25, -0.2) is 0 Å². The standard InChI is InChI=1S/C28H45NO8/c1-19(16-30)7-10-22(33)15-25(37-26(34)24-6-4-5-13-29-24)20(2)14-21-8-11-23(12-9-21)36-27(35)28(3,17-31)18-32/h7,16,20-21,23-25,29,31-32H,4-6,8-15,17-18H2,1-3H3/b19-7+/t20-,21?,23?,24+,25+/m1/s1. The van der Waals surface area contributed by atoms with Crippen LogP contribution in [-0.4, -0.2) is 72.2 Å². The zero-order valence-electron chi connectivity index (χ0n) is 22.6. The minimum Gasteiger partial charge on any atom is -0.462 e. The lowest BCUT2D eigenvalue weighted by Gasteiger charge is -2.34. The number of hydrogen-bond acceptors (Lipinski definition) is 9. The predicted molar refractivity (Wildman–Crippen MR) is 137 cm³/mol. The number of nitrogens with one attached hydrogen (secondary N) is 1. The average Bonchev–Trinajstić information content (AvgIpc) is 2.92. The fourth-order valence-electron chi connectivity index (χ4n) is 4.91. The van der Waals surface area contributed by atoms with Crippen molar-refractivity contribution in [1.29, 1.82) is 0 Å². The van der Waals surface area contributed by atoms with E-state index in [0.29, 0.717) is 30.6 Å². The van der Waals surface area contributed by atoms with Crippen LogP contribution in [0.3, 0.4) is 0 Å². The van der Waals surface area contributed by atoms with Gasteiger partial charge in [0.2, 0.25) is 0 Å². The number of rotatable bonds is 14. The molecule has 2 rings (SSSR count). The molecule has 0 amide bonds. The first kappa shape index (κ1) is 31.1. The fraction of sp³-hybridized carbons (Fsp3) is 0.786. The quantitative estimate of drug-likeness (QED) is 0.178. The summed E-state index contributed by atoms with van der Waals surface area (Å²) >= 11 is 0. The summed E-state index contributed by atoms with van der Waals surface area (Å²) in [7, 11) is 0. The molecular formula is C28H45NO8. The second-order valence-corrected chi connectivity index (χ2v) is 11.1. The first-order chi connectivity index (χ1) is 17.6. The summed E-state index contributed by atoms with van der Waals surface area (Å²) in [6.07, 6.45) is 8.27. The van der Waals surface area contributed by atoms with Crippen LogP contribution in [-0.2, 0) is 28.7 Å². The third-order valence-corrected chi connectivity index (χ3v) is 7.73. The second-order valence-electron chi connectivity index (χ2n) is 11.1. The maximum absolute atomic E-state index is 12.8. The van der Waals surface area contributed by atoms with E-state index >= 15 is 0 Å². The normalized spacial score (nSPS) is 24.6. The van der Waals surface area contributed by atoms with E-state index in [2.05, 4.69) is 5.32 Å². The van der Waals surface area contributed by atoms with Crippen LogP contribution in [0.5, 0.6) is 0 Å². The number of esters is 2. The Labute approximate surface area is 220 Å². The van der Waals surface area contributed by atoms with E-state index < -0.39 is 30.7 Å². The number of ether oxygens (including phenoxy) is 2. The van der Waals surface area contributed by atoms with Crippen molar-refractivity contribution in [2.45, 2.75) is 103 Å². The van der Waals surface area contributed by atoms with E-state index in [4.69, 9.17) is 9.47 Å². The highest BCUT2D eigenvalue weighted by atomic mass is 16.6. The smallest absolute Gasteiger partial charge is 0.323 e. The van der Waals surface area contributed by atoms with Gasteiger partial charge in [0.25, 0.3) is 0 Å². The summed E-state index contributed by atoms with van der Waals surface area (Å²) in [6, 6.07) is -0.343. The van der Waals surface area contributed by atoms with Gasteiger partial charge < -0.3 is 25.0 Å². The Morgan fingerprint density at radius 1 is 1.08 bits per heavy atom. The second kappa shape index (κ2) is 15.3. The van der Waals surface area contributed by atoms with Gasteiger partial charge in [0.05, 0.1) is 13.2 Å². The molecule has 9 heteroatoms. The van der Waals surface area contributed by atoms with Gasteiger partial charge in [0.15, 0.2) is 0 Å². The molecule has 37 heavy (non-hydrogen) atoms. The SMILES string of the molecule is C/C(C=O)=C\CC(=O)C[C@H](OC(=O)[C@@H]1CCCCN1)[C@H](C)CC1CCC(OC(=O)C(C)(CO)CO)CC1. The zero-order chi connectivity index (χ0) is 27.4. The maximum atomic E-state index is 12.8. The number of aliphatic hydroxyl groups is 2. The Kier molecular flexibility index (Phi) is 12.9. The van der Waals surface area contributed by atoms with E-state index in [1.54, 1.807) is 13.0 Å². The molecule has 0 unspecified atom stereocenters. The molecule has 0 aromatic carbocycles. The van der Waals surface area contributed by atoms with Gasteiger partial charge in [-0.05, 0) is 82.7 Å². The molecule has 1 aliphatic heterocycles. The molecule has 0 bridgehead atoms. The topological polar surface area (TPSA) is 139 Å². The van der Waals surface area contributed by atoms with Crippen molar-refractivity contribution in [3.8, 4) is 0 Å². The van der Waals surface area contributed by atoms with Crippen molar-refractivity contribution in [2.75, 3.05) is 19.8 Å². The van der Waals surface area contributed by atoms with Gasteiger partial charge >= 0.3 is 11.9 Å². The third kappa shape index (κ3) is 9.94. The molecule has 2 fully saturated rings. The van der Waals surface area contributed by atoms with Crippen LogP contribution in [0.2, 0.25) is 0 Å². The van der Waals surface area contributed by atoms with Crippen molar-refractivity contribution in [3.05, 3.63) is 11.6 Å². The molecule has 0 spiro atoms. The van der Waals surface area contributed by atoms with Crippen molar-refractivity contribution >= 4 is 24.0 Å². The molecule has 1 saturated carbocycles. The Balaban J connectivity index is 1.94. The lowest BCUT2D eigenvalue weighted by molar-refractivity contribution is -0.167. The number of piperidine rings is 1. The van der Waals surface area contributed by atoms with E-state index in [1.807, 2.05) is 6.92 Å². The summed E-state index contributed by atoms with van der Waals surface area (Å²) < 4.78 is 11.5. The van der Waals surface area contributed by atoms with Crippen LogP contribution >= 0.6 is 0 Å². The Morgan fingerprint density at radius 3 is 2.32 bits per heavy atom. The van der Waals surface area contributed by atoms with Gasteiger partial charge in [-0.15, -0.1) is 0 Å². The van der Waals surface area contributed by atoms with Crippen LogP contribution < -0.4 is 5.32 Å². The molecule has 0 aromatic rings. The molecule has 3 atom stereocenters. The van der Waals surface area contributed by atoms with Gasteiger partial charge in [-0.2, -0.15) is 0 Å². The zero-order valence-corrected chi connectivity index (χ0v) is 22.6. The summed E-state index contributed by atoms with van der Waals surface area (Å²) in [5, 5.41) is 22.0. The van der Waals surface area contributed by atoms with Crippen LogP contribution in [0.4, 0.5) is 0 Å². The first-order valence-electron chi connectivity index (χ1n) is 13.6. The molecule has 9 nitrogen and oxygen atoms in total. The van der Waals surface area contributed by atoms with Crippen LogP contribution in [0.15, 0.2) is 11.6 Å². The predicted octanol–water partition coefficient (Wildman–Crippen LogP) is 2.65. The van der Waals surface area contributed by atoms with Gasteiger partial charge in [0.1, 0.15) is 35.7 Å². The minimum atomic E-state index is -1.30. The summed E-state index contributed by atoms with van der Waals surface area (Å²) in [5.41, 5.74) is -0.807. The number of Topliss-reactive ketones (excluding diaryl/α,β-unsaturated/α-hetero) is 1. The largest absolute Gasteiger partial charge is 0.462 e. The van der Waals surface area contributed by atoms with Crippen molar-refractivity contribution < 1.29 is 38.9 Å². The summed E-state index contributed by atoms with van der Waals surface area (Å²) in [5.74, 6) is -0.670. The average molecular weight is 524 g/mol. The molecular weight excluding hydrogens is 478 g/mol. The lowest BCUT2D eigenvalue weighted by atomic mass is 9.80. The Hall–Kier alpha value is -2.10. The number of aldehydes is 1. The highest BCUT2D eigenvalue weighted by Gasteiger charge is 2.37. The van der Waals surface area contributed by atoms with Crippen molar-refractivity contribution in [3.63, 3.8) is 0 Å². The third-order valence-electron chi connectivity index (χ3n) is 7.73. The number of carbonyl (C=O) groups is 4. The van der Waals surface area contributed by atoms with Crippen LogP contribution in [0, 0.1) is 17.3 Å². The fourth-order valence-corrected chi connectivity index (χ4v) is 4.91. The number of carbonyl (C=O) groups excluding carboxylic acids is 4. The van der Waals surface area contributed by atoms with Gasteiger partial charge in [0, 0.05) is 12.8 Å². The number of ketones is 1. The molecule has 1 aliphatic carbocycles. The molecule has 210 valence electrons. The molecule has 1 saturated heterocycles. The van der Waals surface area contributed by atoms with E-state index in [1.165, 1.54) is 6.92 Å². The van der Waals surface area contributed by atoms with E-state index in [-0.39, 0.29) is 42.7 Å². The van der Waals surface area contributed by atoms with Crippen LogP contribution in [0.25, 0.3) is 0 Å². The Morgan fingerprint density at radius 2 is 1.76 bits per heavy atom. The number of allylic oxidation sites excluding steroid dienone is 2. The lowest BCUT2D eigenvalue weighted by Crippen LogP contribution is -2.44. The Bertz CT molecular complexity index is 792. The maximum Gasteiger partial charge on any atom is 0.323 e. The summed E-state index contributed by atoms with van der Waals surface area (Å²) in [6.45, 7) is 4.95. The number of aliphatic hydroxyl groups excluding tert-OH is 2.